The van der Waals surface area contributed by atoms with E-state index in [9.17, 15) is 0 Å². The molecule has 0 aliphatic rings. The van der Waals surface area contributed by atoms with E-state index in [0.717, 1.165) is 25.3 Å². The molecule has 0 aliphatic carbocycles. The molecule has 0 aliphatic heterocycles. The van der Waals surface area contributed by atoms with Crippen molar-refractivity contribution in [2.45, 2.75) is 26.2 Å². The van der Waals surface area contributed by atoms with Crippen molar-refractivity contribution in [3.05, 3.63) is 52.2 Å². The van der Waals surface area contributed by atoms with Crippen LogP contribution in [0, 0.1) is 0 Å². The van der Waals surface area contributed by atoms with Gasteiger partial charge >= 0.3 is 0 Å². The largest absolute Gasteiger partial charge is 0.492 e. The minimum Gasteiger partial charge on any atom is -0.492 e. The Balaban J connectivity index is 1.66. The lowest BCUT2D eigenvalue weighted by molar-refractivity contribution is 0.310. The smallest absolute Gasteiger partial charge is 0.122 e. The second kappa shape index (κ2) is 8.08. The molecule has 0 amide bonds. The zero-order valence-electron chi connectivity index (χ0n) is 12.3. The Kier molecular flexibility index (Phi) is 6.09. The van der Waals surface area contributed by atoms with E-state index in [-0.39, 0.29) is 0 Å². The molecule has 0 unspecified atom stereocenters. The first-order valence-corrected chi connectivity index (χ1v) is 8.10. The highest BCUT2D eigenvalue weighted by molar-refractivity contribution is 7.09. The first-order valence-electron chi connectivity index (χ1n) is 7.22. The molecular formula is C17H23NOS. The van der Waals surface area contributed by atoms with Crippen LogP contribution in [0.5, 0.6) is 5.75 Å². The molecule has 0 saturated carbocycles. The normalized spacial score (nSPS) is 10.9. The summed E-state index contributed by atoms with van der Waals surface area (Å²) < 4.78 is 5.88. The summed E-state index contributed by atoms with van der Waals surface area (Å²) in [6.45, 7) is 7.00. The van der Waals surface area contributed by atoms with Gasteiger partial charge in [-0.15, -0.1) is 11.3 Å². The maximum absolute atomic E-state index is 5.88. The zero-order valence-corrected chi connectivity index (χ0v) is 13.1. The Morgan fingerprint density at radius 1 is 1.10 bits per heavy atom. The second-order valence-electron chi connectivity index (χ2n) is 5.12. The Labute approximate surface area is 125 Å². The first-order chi connectivity index (χ1) is 9.77. The van der Waals surface area contributed by atoms with E-state index in [0.29, 0.717) is 12.5 Å². The number of ether oxygens (including phenoxy) is 1. The Bertz CT molecular complexity index is 493. The highest BCUT2D eigenvalue weighted by atomic mass is 32.1. The van der Waals surface area contributed by atoms with Crippen LogP contribution in [0.1, 0.15) is 30.2 Å². The van der Waals surface area contributed by atoms with E-state index in [1.54, 1.807) is 0 Å². The van der Waals surface area contributed by atoms with Crippen LogP contribution in [0.4, 0.5) is 0 Å². The molecule has 1 aromatic heterocycles. The van der Waals surface area contributed by atoms with Gasteiger partial charge in [-0.05, 0) is 35.4 Å². The second-order valence-corrected chi connectivity index (χ2v) is 6.15. The molecule has 1 N–H and O–H groups in total. The summed E-state index contributed by atoms with van der Waals surface area (Å²) in [5.74, 6) is 1.51. The number of hydrogen-bond acceptors (Lipinski definition) is 3. The third kappa shape index (κ3) is 4.66. The molecule has 0 fully saturated rings. The van der Waals surface area contributed by atoms with Crippen molar-refractivity contribution in [1.29, 1.82) is 0 Å². The molecule has 2 nitrogen and oxygen atoms in total. The van der Waals surface area contributed by atoms with Crippen LogP contribution in [0.3, 0.4) is 0 Å². The van der Waals surface area contributed by atoms with E-state index in [1.807, 2.05) is 17.4 Å². The summed E-state index contributed by atoms with van der Waals surface area (Å²) in [6, 6.07) is 12.6. The van der Waals surface area contributed by atoms with Crippen LogP contribution in [0.15, 0.2) is 41.8 Å². The topological polar surface area (TPSA) is 21.3 Å². The van der Waals surface area contributed by atoms with E-state index in [2.05, 4.69) is 54.9 Å². The van der Waals surface area contributed by atoms with Crippen LogP contribution in [0.25, 0.3) is 0 Å². The standard InChI is InChI=1S/C17H23NOS/c1-14(2)16-7-3-4-8-17(16)19-12-11-18-10-9-15-6-5-13-20-15/h3-8,13-14,18H,9-12H2,1-2H3. The molecular weight excluding hydrogens is 266 g/mol. The Morgan fingerprint density at radius 3 is 2.70 bits per heavy atom. The summed E-state index contributed by atoms with van der Waals surface area (Å²) >= 11 is 1.82. The van der Waals surface area contributed by atoms with Crippen molar-refractivity contribution in [1.82, 2.24) is 5.32 Å². The summed E-state index contributed by atoms with van der Waals surface area (Å²) in [5, 5.41) is 5.55. The Morgan fingerprint density at radius 2 is 1.95 bits per heavy atom. The van der Waals surface area contributed by atoms with Crippen LogP contribution in [-0.2, 0) is 6.42 Å². The van der Waals surface area contributed by atoms with E-state index < -0.39 is 0 Å². The van der Waals surface area contributed by atoms with Crippen molar-refractivity contribution in [2.24, 2.45) is 0 Å². The van der Waals surface area contributed by atoms with Gasteiger partial charge in [0.15, 0.2) is 0 Å². The van der Waals surface area contributed by atoms with Crippen LogP contribution in [0.2, 0.25) is 0 Å². The predicted octanol–water partition coefficient (Wildman–Crippen LogP) is 4.08. The monoisotopic (exact) mass is 289 g/mol. The maximum Gasteiger partial charge on any atom is 0.122 e. The molecule has 0 bridgehead atoms. The maximum atomic E-state index is 5.88. The number of para-hydroxylation sites is 1. The minimum atomic E-state index is 0.498. The van der Waals surface area contributed by atoms with Crippen molar-refractivity contribution in [3.63, 3.8) is 0 Å². The summed E-state index contributed by atoms with van der Waals surface area (Å²) in [4.78, 5) is 1.43. The minimum absolute atomic E-state index is 0.498. The van der Waals surface area contributed by atoms with Crippen molar-refractivity contribution in [2.75, 3.05) is 19.7 Å². The third-order valence-electron chi connectivity index (χ3n) is 3.21. The van der Waals surface area contributed by atoms with Gasteiger partial charge in [-0.1, -0.05) is 38.1 Å². The average molecular weight is 289 g/mol. The van der Waals surface area contributed by atoms with Crippen molar-refractivity contribution in [3.8, 4) is 5.75 Å². The molecule has 0 saturated heterocycles. The number of nitrogens with one attached hydrogen (secondary N) is 1. The lowest BCUT2D eigenvalue weighted by Crippen LogP contribution is -2.23. The molecule has 20 heavy (non-hydrogen) atoms. The fourth-order valence-corrected chi connectivity index (χ4v) is 2.82. The van der Waals surface area contributed by atoms with Gasteiger partial charge in [-0.25, -0.2) is 0 Å². The van der Waals surface area contributed by atoms with Crippen molar-refractivity contribution < 1.29 is 4.74 Å². The van der Waals surface area contributed by atoms with Crippen LogP contribution in [-0.4, -0.2) is 19.7 Å². The van der Waals surface area contributed by atoms with Crippen LogP contribution < -0.4 is 10.1 Å². The fraction of sp³-hybridized carbons (Fsp3) is 0.412. The average Bonchev–Trinajstić information content (AvgIpc) is 2.96. The van der Waals surface area contributed by atoms with Gasteiger partial charge in [0.2, 0.25) is 0 Å². The van der Waals surface area contributed by atoms with Crippen molar-refractivity contribution >= 4 is 11.3 Å². The molecule has 0 spiro atoms. The fourth-order valence-electron chi connectivity index (χ4n) is 2.11. The molecule has 2 aromatic rings. The van der Waals surface area contributed by atoms with E-state index in [1.165, 1.54) is 10.4 Å². The van der Waals surface area contributed by atoms with Gasteiger partial charge in [0.1, 0.15) is 12.4 Å². The molecule has 108 valence electrons. The third-order valence-corrected chi connectivity index (χ3v) is 4.14. The molecule has 0 atom stereocenters. The quantitative estimate of drug-likeness (QED) is 0.739. The number of thiophene rings is 1. The molecule has 3 heteroatoms. The van der Waals surface area contributed by atoms with E-state index in [4.69, 9.17) is 4.74 Å². The van der Waals surface area contributed by atoms with Gasteiger partial charge in [0, 0.05) is 18.0 Å². The van der Waals surface area contributed by atoms with Gasteiger partial charge in [-0.2, -0.15) is 0 Å². The highest BCUT2D eigenvalue weighted by Gasteiger charge is 2.06. The predicted molar refractivity (Wildman–Crippen MR) is 86.9 cm³/mol. The van der Waals surface area contributed by atoms with Gasteiger partial charge in [0.25, 0.3) is 0 Å². The summed E-state index contributed by atoms with van der Waals surface area (Å²) in [7, 11) is 0. The number of benzene rings is 1. The van der Waals surface area contributed by atoms with Gasteiger partial charge in [-0.3, -0.25) is 0 Å². The van der Waals surface area contributed by atoms with Gasteiger partial charge in [0.05, 0.1) is 0 Å². The molecule has 1 aromatic carbocycles. The van der Waals surface area contributed by atoms with Gasteiger partial charge < -0.3 is 10.1 Å². The first kappa shape index (κ1) is 15.1. The van der Waals surface area contributed by atoms with Crippen LogP contribution >= 0.6 is 11.3 Å². The number of rotatable bonds is 8. The summed E-state index contributed by atoms with van der Waals surface area (Å²) in [6.07, 6.45) is 1.10. The summed E-state index contributed by atoms with van der Waals surface area (Å²) in [5.41, 5.74) is 1.28. The molecule has 1 heterocycles. The Hall–Kier alpha value is -1.32. The van der Waals surface area contributed by atoms with E-state index >= 15 is 0 Å². The molecule has 2 rings (SSSR count). The highest BCUT2D eigenvalue weighted by Crippen LogP contribution is 2.25. The lowest BCUT2D eigenvalue weighted by Gasteiger charge is -2.14. The lowest BCUT2D eigenvalue weighted by atomic mass is 10.0. The SMILES string of the molecule is CC(C)c1ccccc1OCCNCCc1cccs1. The molecule has 0 radical (unpaired) electrons. The zero-order chi connectivity index (χ0) is 14.2. The number of hydrogen-bond donors (Lipinski definition) is 1.